The topological polar surface area (TPSA) is 35.2 Å². The van der Waals surface area contributed by atoms with E-state index in [1.165, 1.54) is 33.4 Å². The number of aryl methyl sites for hydroxylation is 4. The summed E-state index contributed by atoms with van der Waals surface area (Å²) in [4.78, 5) is 0. The van der Waals surface area contributed by atoms with Gasteiger partial charge >= 0.3 is 0 Å². The minimum atomic E-state index is 0.348. The molecule has 0 radical (unpaired) electrons. The average Bonchev–Trinajstić information content (AvgIpc) is 2.48. The summed E-state index contributed by atoms with van der Waals surface area (Å²) in [5.41, 5.74) is 13.9. The van der Waals surface area contributed by atoms with Crippen molar-refractivity contribution in [3.8, 4) is 5.75 Å². The zero-order valence-electron chi connectivity index (χ0n) is 15.1. The van der Waals surface area contributed by atoms with Gasteiger partial charge in [0.2, 0.25) is 0 Å². The normalized spacial score (nSPS) is 12.3. The molecule has 2 rings (SSSR count). The first-order valence-electron chi connectivity index (χ1n) is 8.40. The summed E-state index contributed by atoms with van der Waals surface area (Å²) < 4.78 is 6.02. The quantitative estimate of drug-likeness (QED) is 0.836. The number of hydrogen-bond donors (Lipinski definition) is 1. The van der Waals surface area contributed by atoms with Crippen molar-refractivity contribution < 1.29 is 4.74 Å². The molecule has 0 aliphatic rings. The van der Waals surface area contributed by atoms with Gasteiger partial charge in [-0.1, -0.05) is 29.8 Å². The molecular weight excluding hydrogens is 282 g/mol. The number of ether oxygens (including phenoxy) is 1. The van der Waals surface area contributed by atoms with Crippen LogP contribution in [0.1, 0.15) is 45.7 Å². The Bertz CT molecular complexity index is 653. The van der Waals surface area contributed by atoms with Crippen LogP contribution in [0.3, 0.4) is 0 Å². The number of benzene rings is 2. The van der Waals surface area contributed by atoms with Gasteiger partial charge < -0.3 is 10.5 Å². The van der Waals surface area contributed by atoms with Crippen LogP contribution in [0.2, 0.25) is 0 Å². The molecule has 0 saturated heterocycles. The second-order valence-corrected chi connectivity index (χ2v) is 6.58. The summed E-state index contributed by atoms with van der Waals surface area (Å²) in [6.07, 6.45) is 0.939. The van der Waals surface area contributed by atoms with Gasteiger partial charge in [-0.05, 0) is 87.4 Å². The Morgan fingerprint density at radius 3 is 2.22 bits per heavy atom. The van der Waals surface area contributed by atoms with Gasteiger partial charge in [0.15, 0.2) is 0 Å². The molecule has 2 nitrogen and oxygen atoms in total. The molecule has 0 aliphatic carbocycles. The van der Waals surface area contributed by atoms with Gasteiger partial charge in [-0.3, -0.25) is 0 Å². The maximum absolute atomic E-state index is 6.06. The molecule has 2 heteroatoms. The van der Waals surface area contributed by atoms with Gasteiger partial charge in [0.1, 0.15) is 5.75 Å². The van der Waals surface area contributed by atoms with Gasteiger partial charge in [0, 0.05) is 0 Å². The van der Waals surface area contributed by atoms with Crippen LogP contribution < -0.4 is 10.5 Å². The third-order valence-electron chi connectivity index (χ3n) is 4.71. The second kappa shape index (κ2) is 7.65. The lowest BCUT2D eigenvalue weighted by Crippen LogP contribution is -2.18. The van der Waals surface area contributed by atoms with Crippen molar-refractivity contribution in [3.63, 3.8) is 0 Å². The van der Waals surface area contributed by atoms with Crippen molar-refractivity contribution in [1.82, 2.24) is 0 Å². The largest absolute Gasteiger partial charge is 0.493 e. The molecule has 0 aliphatic heterocycles. The van der Waals surface area contributed by atoms with Crippen LogP contribution in [-0.4, -0.2) is 13.2 Å². The highest BCUT2D eigenvalue weighted by atomic mass is 16.5. The lowest BCUT2D eigenvalue weighted by atomic mass is 9.87. The highest BCUT2D eigenvalue weighted by molar-refractivity contribution is 5.40. The van der Waals surface area contributed by atoms with E-state index in [1.807, 2.05) is 12.1 Å². The van der Waals surface area contributed by atoms with E-state index in [0.717, 1.165) is 12.2 Å². The lowest BCUT2D eigenvalue weighted by molar-refractivity contribution is 0.296. The predicted molar refractivity (Wildman–Crippen MR) is 98.5 cm³/mol. The molecule has 0 bridgehead atoms. The molecule has 0 aromatic heterocycles. The average molecular weight is 311 g/mol. The predicted octanol–water partition coefficient (Wildman–Crippen LogP) is 4.74. The molecule has 2 N–H and O–H groups in total. The van der Waals surface area contributed by atoms with Crippen molar-refractivity contribution >= 4 is 0 Å². The monoisotopic (exact) mass is 311 g/mol. The molecule has 0 spiro atoms. The van der Waals surface area contributed by atoms with Crippen LogP contribution in [-0.2, 0) is 0 Å². The summed E-state index contributed by atoms with van der Waals surface area (Å²) in [5, 5.41) is 0. The standard InChI is InChI=1S/C21H29NO/c1-14-11-16(3)21(17(4)12-14)19(13-22)9-10-23-20-8-6-7-15(2)18(20)5/h6-8,11-12,19H,9-10,13,22H2,1-5H3. The van der Waals surface area contributed by atoms with Crippen molar-refractivity contribution in [3.05, 3.63) is 63.7 Å². The van der Waals surface area contributed by atoms with Crippen molar-refractivity contribution in [2.24, 2.45) is 5.73 Å². The van der Waals surface area contributed by atoms with Crippen LogP contribution in [0.5, 0.6) is 5.75 Å². The molecule has 0 heterocycles. The number of nitrogens with two attached hydrogens (primary N) is 1. The maximum Gasteiger partial charge on any atom is 0.122 e. The van der Waals surface area contributed by atoms with Gasteiger partial charge in [-0.15, -0.1) is 0 Å². The van der Waals surface area contributed by atoms with E-state index in [-0.39, 0.29) is 0 Å². The van der Waals surface area contributed by atoms with Crippen LogP contribution in [0.15, 0.2) is 30.3 Å². The van der Waals surface area contributed by atoms with E-state index >= 15 is 0 Å². The van der Waals surface area contributed by atoms with E-state index in [2.05, 4.69) is 52.8 Å². The van der Waals surface area contributed by atoms with Crippen molar-refractivity contribution in [2.75, 3.05) is 13.2 Å². The molecule has 2 aromatic rings. The van der Waals surface area contributed by atoms with Crippen LogP contribution in [0.25, 0.3) is 0 Å². The molecule has 0 fully saturated rings. The zero-order chi connectivity index (χ0) is 17.0. The fourth-order valence-electron chi connectivity index (χ4n) is 3.41. The smallest absolute Gasteiger partial charge is 0.122 e. The first-order chi connectivity index (χ1) is 10.9. The number of hydrogen-bond acceptors (Lipinski definition) is 2. The Hall–Kier alpha value is -1.80. The van der Waals surface area contributed by atoms with Gasteiger partial charge in [-0.2, -0.15) is 0 Å². The highest BCUT2D eigenvalue weighted by Crippen LogP contribution is 2.28. The van der Waals surface area contributed by atoms with E-state index in [4.69, 9.17) is 10.5 Å². The Kier molecular flexibility index (Phi) is 5.84. The number of rotatable bonds is 6. The summed E-state index contributed by atoms with van der Waals surface area (Å²) in [7, 11) is 0. The molecule has 23 heavy (non-hydrogen) atoms. The van der Waals surface area contributed by atoms with Crippen LogP contribution in [0, 0.1) is 34.6 Å². The Labute approximate surface area is 140 Å². The van der Waals surface area contributed by atoms with Gasteiger partial charge in [0.05, 0.1) is 6.61 Å². The second-order valence-electron chi connectivity index (χ2n) is 6.58. The van der Waals surface area contributed by atoms with Crippen molar-refractivity contribution in [2.45, 2.75) is 47.0 Å². The lowest BCUT2D eigenvalue weighted by Gasteiger charge is -2.21. The molecular formula is C21H29NO. The van der Waals surface area contributed by atoms with Gasteiger partial charge in [0.25, 0.3) is 0 Å². The Balaban J connectivity index is 2.08. The fraction of sp³-hybridized carbons (Fsp3) is 0.429. The third kappa shape index (κ3) is 4.14. The first-order valence-corrected chi connectivity index (χ1v) is 8.40. The highest BCUT2D eigenvalue weighted by Gasteiger charge is 2.15. The summed E-state index contributed by atoms with van der Waals surface area (Å²) in [6, 6.07) is 10.7. The van der Waals surface area contributed by atoms with Crippen LogP contribution in [0.4, 0.5) is 0 Å². The molecule has 2 aromatic carbocycles. The Morgan fingerprint density at radius 2 is 1.61 bits per heavy atom. The molecule has 0 saturated carbocycles. The summed E-state index contributed by atoms with van der Waals surface area (Å²) in [6.45, 7) is 12.1. The van der Waals surface area contributed by atoms with Crippen molar-refractivity contribution in [1.29, 1.82) is 0 Å². The van der Waals surface area contributed by atoms with E-state index < -0.39 is 0 Å². The molecule has 1 unspecified atom stereocenters. The van der Waals surface area contributed by atoms with E-state index in [1.54, 1.807) is 0 Å². The summed E-state index contributed by atoms with van der Waals surface area (Å²) in [5.74, 6) is 1.33. The maximum atomic E-state index is 6.06. The molecule has 1 atom stereocenters. The van der Waals surface area contributed by atoms with Crippen LogP contribution >= 0.6 is 0 Å². The van der Waals surface area contributed by atoms with E-state index in [9.17, 15) is 0 Å². The van der Waals surface area contributed by atoms with Gasteiger partial charge in [-0.25, -0.2) is 0 Å². The minimum Gasteiger partial charge on any atom is -0.493 e. The first kappa shape index (κ1) is 17.6. The zero-order valence-corrected chi connectivity index (χ0v) is 15.1. The molecule has 124 valence electrons. The minimum absolute atomic E-state index is 0.348. The third-order valence-corrected chi connectivity index (χ3v) is 4.71. The summed E-state index contributed by atoms with van der Waals surface area (Å²) >= 11 is 0. The SMILES string of the molecule is Cc1cc(C)c(C(CN)CCOc2cccc(C)c2C)c(C)c1. The van der Waals surface area contributed by atoms with E-state index in [0.29, 0.717) is 19.1 Å². The Morgan fingerprint density at radius 1 is 0.957 bits per heavy atom. The molecule has 0 amide bonds. The fourth-order valence-corrected chi connectivity index (χ4v) is 3.41.